The van der Waals surface area contributed by atoms with Gasteiger partial charge in [0.15, 0.2) is 0 Å². The average molecular weight is 249 g/mol. The molecule has 0 fully saturated rings. The third kappa shape index (κ3) is 2.54. The van der Waals surface area contributed by atoms with Gasteiger partial charge in [-0.05, 0) is 24.7 Å². The molecule has 0 aliphatic heterocycles. The summed E-state index contributed by atoms with van der Waals surface area (Å²) in [6, 6.07) is 8.17. The standard InChI is InChI=1S/C14H16FNO2/c1-3-16-14(13-5-4-8-18-13)11-7-6-10(17-2)9-12(11)15/h4-9,14,16H,3H2,1-2H3. The number of hydrogen-bond acceptors (Lipinski definition) is 3. The fraction of sp³-hybridized carbons (Fsp3) is 0.286. The Balaban J connectivity index is 2.37. The van der Waals surface area contributed by atoms with E-state index in [1.54, 1.807) is 24.5 Å². The fourth-order valence-electron chi connectivity index (χ4n) is 1.89. The summed E-state index contributed by atoms with van der Waals surface area (Å²) in [6.07, 6.45) is 1.58. The predicted molar refractivity (Wildman–Crippen MR) is 67.2 cm³/mol. The Kier molecular flexibility index (Phi) is 3.99. The SMILES string of the molecule is CCNC(c1ccco1)c1ccc(OC)cc1F. The second kappa shape index (κ2) is 5.69. The summed E-state index contributed by atoms with van der Waals surface area (Å²) in [6.45, 7) is 2.69. The van der Waals surface area contributed by atoms with Crippen LogP contribution >= 0.6 is 0 Å². The minimum atomic E-state index is -0.309. The van der Waals surface area contributed by atoms with Crippen molar-refractivity contribution in [1.29, 1.82) is 0 Å². The molecule has 0 amide bonds. The number of furan rings is 1. The van der Waals surface area contributed by atoms with Gasteiger partial charge in [0, 0.05) is 11.6 Å². The van der Waals surface area contributed by atoms with E-state index in [0.29, 0.717) is 17.1 Å². The maximum Gasteiger partial charge on any atom is 0.132 e. The Labute approximate surface area is 106 Å². The number of nitrogens with one attached hydrogen (secondary N) is 1. The van der Waals surface area contributed by atoms with E-state index >= 15 is 0 Å². The Morgan fingerprint density at radius 2 is 2.22 bits per heavy atom. The number of benzene rings is 1. The molecule has 3 nitrogen and oxygen atoms in total. The minimum Gasteiger partial charge on any atom is -0.497 e. The quantitative estimate of drug-likeness (QED) is 0.884. The molecule has 2 rings (SSSR count). The van der Waals surface area contributed by atoms with E-state index in [-0.39, 0.29) is 11.9 Å². The first kappa shape index (κ1) is 12.6. The summed E-state index contributed by atoms with van der Waals surface area (Å²) < 4.78 is 24.4. The molecule has 96 valence electrons. The van der Waals surface area contributed by atoms with E-state index in [4.69, 9.17) is 9.15 Å². The number of hydrogen-bond donors (Lipinski definition) is 1. The van der Waals surface area contributed by atoms with Gasteiger partial charge >= 0.3 is 0 Å². The number of rotatable bonds is 5. The van der Waals surface area contributed by atoms with E-state index in [1.165, 1.54) is 13.2 Å². The Bertz CT molecular complexity index is 497. The summed E-state index contributed by atoms with van der Waals surface area (Å²) >= 11 is 0. The first-order chi connectivity index (χ1) is 8.76. The Hall–Kier alpha value is -1.81. The lowest BCUT2D eigenvalue weighted by Gasteiger charge is -2.17. The summed E-state index contributed by atoms with van der Waals surface area (Å²) in [5, 5.41) is 3.21. The lowest BCUT2D eigenvalue weighted by molar-refractivity contribution is 0.407. The van der Waals surface area contributed by atoms with Crippen LogP contribution < -0.4 is 10.1 Å². The second-order valence-electron chi connectivity index (χ2n) is 3.89. The van der Waals surface area contributed by atoms with Crippen LogP contribution in [0.4, 0.5) is 4.39 Å². The molecule has 0 aliphatic rings. The van der Waals surface area contributed by atoms with Gasteiger partial charge in [-0.1, -0.05) is 13.0 Å². The van der Waals surface area contributed by atoms with Crippen LogP contribution in [0.2, 0.25) is 0 Å². The molecule has 4 heteroatoms. The van der Waals surface area contributed by atoms with E-state index in [9.17, 15) is 4.39 Å². The normalized spacial score (nSPS) is 12.4. The van der Waals surface area contributed by atoms with Gasteiger partial charge in [-0.3, -0.25) is 0 Å². The molecule has 1 aromatic carbocycles. The highest BCUT2D eigenvalue weighted by Gasteiger charge is 2.19. The number of halogens is 1. The molecule has 0 saturated carbocycles. The minimum absolute atomic E-state index is 0.282. The van der Waals surface area contributed by atoms with Crippen molar-refractivity contribution >= 4 is 0 Å². The van der Waals surface area contributed by atoms with Crippen molar-refractivity contribution in [2.75, 3.05) is 13.7 Å². The largest absolute Gasteiger partial charge is 0.497 e. The Morgan fingerprint density at radius 3 is 2.78 bits per heavy atom. The van der Waals surface area contributed by atoms with Crippen molar-refractivity contribution in [3.63, 3.8) is 0 Å². The second-order valence-corrected chi connectivity index (χ2v) is 3.89. The van der Waals surface area contributed by atoms with Gasteiger partial charge in [-0.25, -0.2) is 4.39 Å². The van der Waals surface area contributed by atoms with Crippen LogP contribution in [0.25, 0.3) is 0 Å². The molecule has 0 radical (unpaired) electrons. The first-order valence-electron chi connectivity index (χ1n) is 5.86. The van der Waals surface area contributed by atoms with Gasteiger partial charge in [0.05, 0.1) is 19.4 Å². The van der Waals surface area contributed by atoms with Crippen molar-refractivity contribution < 1.29 is 13.5 Å². The maximum absolute atomic E-state index is 14.0. The van der Waals surface area contributed by atoms with Crippen LogP contribution in [-0.2, 0) is 0 Å². The molecule has 1 heterocycles. The predicted octanol–water partition coefficient (Wildman–Crippen LogP) is 3.13. The summed E-state index contributed by atoms with van der Waals surface area (Å²) in [5.74, 6) is 0.892. The molecule has 0 aliphatic carbocycles. The van der Waals surface area contributed by atoms with Gasteiger partial charge < -0.3 is 14.5 Å². The van der Waals surface area contributed by atoms with E-state index in [1.807, 2.05) is 13.0 Å². The molecule has 18 heavy (non-hydrogen) atoms. The molecule has 2 aromatic rings. The monoisotopic (exact) mass is 249 g/mol. The van der Waals surface area contributed by atoms with Gasteiger partial charge in [-0.2, -0.15) is 0 Å². The van der Waals surface area contributed by atoms with Crippen molar-refractivity contribution in [2.45, 2.75) is 13.0 Å². The Morgan fingerprint density at radius 1 is 1.39 bits per heavy atom. The van der Waals surface area contributed by atoms with Gasteiger partial charge in [0.2, 0.25) is 0 Å². The zero-order valence-electron chi connectivity index (χ0n) is 10.4. The van der Waals surface area contributed by atoms with Crippen molar-refractivity contribution in [1.82, 2.24) is 5.32 Å². The highest BCUT2D eigenvalue weighted by atomic mass is 19.1. The van der Waals surface area contributed by atoms with Crippen LogP contribution in [0.5, 0.6) is 5.75 Å². The third-order valence-corrected chi connectivity index (χ3v) is 2.75. The zero-order chi connectivity index (χ0) is 13.0. The smallest absolute Gasteiger partial charge is 0.132 e. The average Bonchev–Trinajstić information content (AvgIpc) is 2.90. The summed E-state index contributed by atoms with van der Waals surface area (Å²) in [4.78, 5) is 0. The number of ether oxygens (including phenoxy) is 1. The van der Waals surface area contributed by atoms with Gasteiger partial charge in [0.1, 0.15) is 17.3 Å². The number of methoxy groups -OCH3 is 1. The lowest BCUT2D eigenvalue weighted by atomic mass is 10.0. The topological polar surface area (TPSA) is 34.4 Å². The third-order valence-electron chi connectivity index (χ3n) is 2.75. The van der Waals surface area contributed by atoms with Crippen LogP contribution in [0.3, 0.4) is 0 Å². The highest BCUT2D eigenvalue weighted by molar-refractivity contribution is 5.34. The van der Waals surface area contributed by atoms with Crippen molar-refractivity contribution in [2.24, 2.45) is 0 Å². The maximum atomic E-state index is 14.0. The molecule has 0 saturated heterocycles. The lowest BCUT2D eigenvalue weighted by Crippen LogP contribution is -2.22. The van der Waals surface area contributed by atoms with Crippen LogP contribution in [0.1, 0.15) is 24.3 Å². The molecule has 1 atom stereocenters. The summed E-state index contributed by atoms with van der Waals surface area (Å²) in [7, 11) is 1.52. The van der Waals surface area contributed by atoms with E-state index < -0.39 is 0 Å². The van der Waals surface area contributed by atoms with Crippen LogP contribution in [-0.4, -0.2) is 13.7 Å². The van der Waals surface area contributed by atoms with Gasteiger partial charge in [0.25, 0.3) is 0 Å². The van der Waals surface area contributed by atoms with Crippen LogP contribution in [0.15, 0.2) is 41.0 Å². The van der Waals surface area contributed by atoms with E-state index in [2.05, 4.69) is 5.32 Å². The fourth-order valence-corrected chi connectivity index (χ4v) is 1.89. The zero-order valence-corrected chi connectivity index (χ0v) is 10.4. The van der Waals surface area contributed by atoms with Crippen molar-refractivity contribution in [3.05, 3.63) is 53.7 Å². The molecule has 0 spiro atoms. The molecule has 1 unspecified atom stereocenters. The molecular weight excluding hydrogens is 233 g/mol. The summed E-state index contributed by atoms with van der Waals surface area (Å²) in [5.41, 5.74) is 0.549. The van der Waals surface area contributed by atoms with Gasteiger partial charge in [-0.15, -0.1) is 0 Å². The molecular formula is C14H16FNO2. The highest BCUT2D eigenvalue weighted by Crippen LogP contribution is 2.27. The molecule has 1 aromatic heterocycles. The first-order valence-corrected chi connectivity index (χ1v) is 5.86. The molecule has 1 N–H and O–H groups in total. The molecule has 0 bridgehead atoms. The van der Waals surface area contributed by atoms with E-state index in [0.717, 1.165) is 6.54 Å². The van der Waals surface area contributed by atoms with Crippen LogP contribution in [0, 0.1) is 5.82 Å². The van der Waals surface area contributed by atoms with Crippen molar-refractivity contribution in [3.8, 4) is 5.75 Å².